The summed E-state index contributed by atoms with van der Waals surface area (Å²) in [6.45, 7) is 1.58. The van der Waals surface area contributed by atoms with Gasteiger partial charge in [0.2, 0.25) is 5.91 Å². The molecule has 6 nitrogen and oxygen atoms in total. The van der Waals surface area contributed by atoms with Crippen molar-refractivity contribution in [2.24, 2.45) is 0 Å². The second-order valence-corrected chi connectivity index (χ2v) is 4.00. The number of rotatable bonds is 5. The first-order chi connectivity index (χ1) is 7.74. The highest BCUT2D eigenvalue weighted by Gasteiger charge is 2.21. The third-order valence-electron chi connectivity index (χ3n) is 2.58. The SMILES string of the molecule is O=C1CC(NCC(O)Cn2cccn2)CN1. The van der Waals surface area contributed by atoms with E-state index in [0.717, 1.165) is 0 Å². The van der Waals surface area contributed by atoms with E-state index in [4.69, 9.17) is 0 Å². The standard InChI is InChI=1S/C10H16N4O2/c15-9(7-14-3-1-2-13-14)6-11-8-4-10(16)12-5-8/h1-3,8-9,11,15H,4-7H2,(H,12,16). The lowest BCUT2D eigenvalue weighted by Gasteiger charge is -2.15. The largest absolute Gasteiger partial charge is 0.390 e. The second-order valence-electron chi connectivity index (χ2n) is 4.00. The Kier molecular flexibility index (Phi) is 3.53. The molecular weight excluding hydrogens is 208 g/mol. The van der Waals surface area contributed by atoms with E-state index in [-0.39, 0.29) is 11.9 Å². The lowest BCUT2D eigenvalue weighted by atomic mass is 10.2. The molecule has 0 aromatic carbocycles. The first-order valence-corrected chi connectivity index (χ1v) is 5.39. The molecule has 1 amide bonds. The predicted octanol–water partition coefficient (Wildman–Crippen LogP) is -1.28. The number of nitrogens with zero attached hydrogens (tertiary/aromatic N) is 2. The number of nitrogens with one attached hydrogen (secondary N) is 2. The number of aliphatic hydroxyl groups is 1. The Morgan fingerprint density at radius 2 is 2.62 bits per heavy atom. The molecular formula is C10H16N4O2. The lowest BCUT2D eigenvalue weighted by molar-refractivity contribution is -0.119. The average Bonchev–Trinajstić information content (AvgIpc) is 2.87. The summed E-state index contributed by atoms with van der Waals surface area (Å²) in [6.07, 6.45) is 3.49. The number of carbonyl (C=O) groups excluding carboxylic acids is 1. The van der Waals surface area contributed by atoms with Crippen molar-refractivity contribution in [3.63, 3.8) is 0 Å². The van der Waals surface area contributed by atoms with Gasteiger partial charge < -0.3 is 15.7 Å². The minimum Gasteiger partial charge on any atom is -0.390 e. The highest BCUT2D eigenvalue weighted by Crippen LogP contribution is 1.99. The summed E-state index contributed by atoms with van der Waals surface area (Å²) in [5.41, 5.74) is 0. The third-order valence-corrected chi connectivity index (χ3v) is 2.58. The molecule has 1 aliphatic heterocycles. The van der Waals surface area contributed by atoms with Crippen molar-refractivity contribution < 1.29 is 9.90 Å². The molecule has 2 unspecified atom stereocenters. The molecule has 88 valence electrons. The zero-order chi connectivity index (χ0) is 11.4. The molecule has 2 rings (SSSR count). The van der Waals surface area contributed by atoms with Crippen LogP contribution in [0.5, 0.6) is 0 Å². The van der Waals surface area contributed by atoms with E-state index in [0.29, 0.717) is 26.1 Å². The fourth-order valence-corrected chi connectivity index (χ4v) is 1.74. The van der Waals surface area contributed by atoms with Crippen molar-refractivity contribution in [2.75, 3.05) is 13.1 Å². The van der Waals surface area contributed by atoms with Crippen molar-refractivity contribution in [1.82, 2.24) is 20.4 Å². The molecule has 0 radical (unpaired) electrons. The predicted molar refractivity (Wildman–Crippen MR) is 57.7 cm³/mol. The van der Waals surface area contributed by atoms with Gasteiger partial charge in [0.25, 0.3) is 0 Å². The van der Waals surface area contributed by atoms with E-state index in [1.807, 2.05) is 12.3 Å². The lowest BCUT2D eigenvalue weighted by Crippen LogP contribution is -2.38. The molecule has 16 heavy (non-hydrogen) atoms. The number of amides is 1. The molecule has 3 N–H and O–H groups in total. The van der Waals surface area contributed by atoms with Crippen LogP contribution in [0.2, 0.25) is 0 Å². The summed E-state index contributed by atoms with van der Waals surface area (Å²) >= 11 is 0. The van der Waals surface area contributed by atoms with Gasteiger partial charge >= 0.3 is 0 Å². The Labute approximate surface area is 93.6 Å². The first kappa shape index (κ1) is 11.1. The molecule has 1 fully saturated rings. The summed E-state index contributed by atoms with van der Waals surface area (Å²) in [6, 6.07) is 1.96. The molecule has 2 atom stereocenters. The number of aliphatic hydroxyl groups excluding tert-OH is 1. The Bertz CT molecular complexity index is 339. The highest BCUT2D eigenvalue weighted by atomic mass is 16.3. The summed E-state index contributed by atoms with van der Waals surface area (Å²) in [4.78, 5) is 10.9. The van der Waals surface area contributed by atoms with Crippen LogP contribution in [0.4, 0.5) is 0 Å². The molecule has 1 aromatic rings. The van der Waals surface area contributed by atoms with Gasteiger partial charge in [0.1, 0.15) is 0 Å². The molecule has 0 aliphatic carbocycles. The van der Waals surface area contributed by atoms with Crippen LogP contribution in [-0.2, 0) is 11.3 Å². The van der Waals surface area contributed by atoms with Crippen molar-refractivity contribution in [2.45, 2.75) is 25.1 Å². The van der Waals surface area contributed by atoms with Gasteiger partial charge in [-0.3, -0.25) is 9.48 Å². The summed E-state index contributed by atoms with van der Waals surface area (Å²) in [7, 11) is 0. The first-order valence-electron chi connectivity index (χ1n) is 5.39. The van der Waals surface area contributed by atoms with E-state index in [1.54, 1.807) is 10.9 Å². The van der Waals surface area contributed by atoms with Gasteiger partial charge in [0.15, 0.2) is 0 Å². The van der Waals surface area contributed by atoms with Crippen LogP contribution in [0.15, 0.2) is 18.5 Å². The minimum absolute atomic E-state index is 0.0686. The van der Waals surface area contributed by atoms with E-state index >= 15 is 0 Å². The summed E-state index contributed by atoms with van der Waals surface area (Å²) in [5.74, 6) is 0.0686. The molecule has 0 spiro atoms. The molecule has 1 aromatic heterocycles. The van der Waals surface area contributed by atoms with E-state index in [1.165, 1.54) is 0 Å². The van der Waals surface area contributed by atoms with Crippen LogP contribution in [0.3, 0.4) is 0 Å². The Balaban J connectivity index is 1.68. The topological polar surface area (TPSA) is 79.2 Å². The monoisotopic (exact) mass is 224 g/mol. The Hall–Kier alpha value is -1.40. The van der Waals surface area contributed by atoms with Crippen LogP contribution in [0.1, 0.15) is 6.42 Å². The van der Waals surface area contributed by atoms with Gasteiger partial charge in [0, 0.05) is 37.9 Å². The number of hydrogen-bond acceptors (Lipinski definition) is 4. The van der Waals surface area contributed by atoms with Crippen LogP contribution in [0, 0.1) is 0 Å². The van der Waals surface area contributed by atoms with Gasteiger partial charge in [-0.15, -0.1) is 0 Å². The van der Waals surface area contributed by atoms with E-state index < -0.39 is 6.10 Å². The van der Waals surface area contributed by atoms with Gasteiger partial charge in [-0.2, -0.15) is 5.10 Å². The molecule has 0 bridgehead atoms. The van der Waals surface area contributed by atoms with Crippen molar-refractivity contribution in [1.29, 1.82) is 0 Å². The maximum absolute atomic E-state index is 10.9. The zero-order valence-electron chi connectivity index (χ0n) is 8.97. The van der Waals surface area contributed by atoms with Crippen LogP contribution in [-0.4, -0.2) is 46.0 Å². The van der Waals surface area contributed by atoms with Crippen LogP contribution in [0.25, 0.3) is 0 Å². The van der Waals surface area contributed by atoms with Gasteiger partial charge in [-0.05, 0) is 6.07 Å². The molecule has 6 heteroatoms. The zero-order valence-corrected chi connectivity index (χ0v) is 8.97. The quantitative estimate of drug-likeness (QED) is 0.582. The van der Waals surface area contributed by atoms with Gasteiger partial charge in [0.05, 0.1) is 12.6 Å². The third kappa shape index (κ3) is 3.04. The second kappa shape index (κ2) is 5.09. The Morgan fingerprint density at radius 1 is 1.75 bits per heavy atom. The summed E-state index contributed by atoms with van der Waals surface area (Å²) in [5, 5.41) is 19.6. The van der Waals surface area contributed by atoms with Crippen molar-refractivity contribution in [3.8, 4) is 0 Å². The van der Waals surface area contributed by atoms with Crippen LogP contribution >= 0.6 is 0 Å². The molecule has 2 heterocycles. The van der Waals surface area contributed by atoms with E-state index in [2.05, 4.69) is 15.7 Å². The number of hydrogen-bond donors (Lipinski definition) is 3. The highest BCUT2D eigenvalue weighted by molar-refractivity contribution is 5.78. The normalized spacial score (nSPS) is 22.1. The Morgan fingerprint density at radius 3 is 3.25 bits per heavy atom. The van der Waals surface area contributed by atoms with Gasteiger partial charge in [-0.1, -0.05) is 0 Å². The molecule has 1 saturated heterocycles. The fourth-order valence-electron chi connectivity index (χ4n) is 1.74. The maximum Gasteiger partial charge on any atom is 0.221 e. The van der Waals surface area contributed by atoms with Crippen molar-refractivity contribution >= 4 is 5.91 Å². The van der Waals surface area contributed by atoms with Crippen molar-refractivity contribution in [3.05, 3.63) is 18.5 Å². The number of aromatic nitrogens is 2. The minimum atomic E-state index is -0.490. The van der Waals surface area contributed by atoms with E-state index in [9.17, 15) is 9.90 Å². The van der Waals surface area contributed by atoms with Crippen LogP contribution < -0.4 is 10.6 Å². The van der Waals surface area contributed by atoms with Gasteiger partial charge in [-0.25, -0.2) is 0 Å². The number of carbonyl (C=O) groups is 1. The summed E-state index contributed by atoms with van der Waals surface area (Å²) < 4.78 is 1.68. The smallest absolute Gasteiger partial charge is 0.221 e. The molecule has 1 aliphatic rings. The fraction of sp³-hybridized carbons (Fsp3) is 0.600. The average molecular weight is 224 g/mol. The molecule has 0 saturated carbocycles. The maximum atomic E-state index is 10.9.